The number of ketones is 1. The molecule has 1 spiro atoms. The van der Waals surface area contributed by atoms with Gasteiger partial charge in [-0.2, -0.15) is 0 Å². The summed E-state index contributed by atoms with van der Waals surface area (Å²) in [7, 11) is 0. The third kappa shape index (κ3) is 2.19. The molecular weight excluding hydrogens is 356 g/mol. The summed E-state index contributed by atoms with van der Waals surface area (Å²) in [6.07, 6.45) is 7.96. The number of carbonyl (C=O) groups is 1. The van der Waals surface area contributed by atoms with Gasteiger partial charge in [0.1, 0.15) is 11.9 Å². The number of fused-ring (bicyclic) bond motifs is 1. The molecule has 28 heavy (non-hydrogen) atoms. The molecule has 9 aliphatic rings. The summed E-state index contributed by atoms with van der Waals surface area (Å²) in [5.74, 6) is 0.863. The smallest absolute Gasteiger partial charge is 0.198 e. The largest absolute Gasteiger partial charge is 0.375 e. The van der Waals surface area contributed by atoms with Crippen molar-refractivity contribution in [2.75, 3.05) is 26.4 Å². The molecule has 7 fully saturated rings. The van der Waals surface area contributed by atoms with Gasteiger partial charge in [0.05, 0.1) is 32.5 Å². The molecule has 8 atom stereocenters. The molecule has 0 aromatic heterocycles. The van der Waals surface area contributed by atoms with Gasteiger partial charge >= 0.3 is 0 Å². The van der Waals surface area contributed by atoms with Crippen molar-refractivity contribution in [3.8, 4) is 0 Å². The van der Waals surface area contributed by atoms with Gasteiger partial charge < -0.3 is 18.9 Å². The predicted molar refractivity (Wildman–Crippen MR) is 102 cm³/mol. The predicted octanol–water partition coefficient (Wildman–Crippen LogP) is 3.27. The van der Waals surface area contributed by atoms with Crippen LogP contribution in [0.3, 0.4) is 0 Å². The second-order valence-corrected chi connectivity index (χ2v) is 10.5. The van der Waals surface area contributed by atoms with E-state index >= 15 is 0 Å². The van der Waals surface area contributed by atoms with Crippen LogP contribution < -0.4 is 0 Å². The third-order valence-electron chi connectivity index (χ3n) is 9.26. The molecule has 0 N–H and O–H groups in total. The summed E-state index contributed by atoms with van der Waals surface area (Å²) in [6.45, 7) is 6.88. The minimum absolute atomic E-state index is 0.0238. The molecule has 5 aliphatic heterocycles. The fourth-order valence-electron chi connectivity index (χ4n) is 8.02. The van der Waals surface area contributed by atoms with Gasteiger partial charge in [0, 0.05) is 29.6 Å². The molecule has 3 saturated carbocycles. The number of ether oxygens (including phenoxy) is 4. The van der Waals surface area contributed by atoms with Crippen LogP contribution >= 0.6 is 0 Å². The first kappa shape index (κ1) is 18.1. The highest BCUT2D eigenvalue weighted by atomic mass is 16.7. The van der Waals surface area contributed by atoms with E-state index in [0.29, 0.717) is 50.5 Å². The molecule has 4 aliphatic carbocycles. The first-order valence-electron chi connectivity index (χ1n) is 11.2. The zero-order chi connectivity index (χ0) is 19.1. The van der Waals surface area contributed by atoms with Crippen LogP contribution in [0, 0.1) is 28.6 Å². The molecule has 9 rings (SSSR count). The number of allylic oxidation sites excluding steroid dienone is 1. The Balaban J connectivity index is 1.49. The van der Waals surface area contributed by atoms with Crippen molar-refractivity contribution < 1.29 is 23.7 Å². The van der Waals surface area contributed by atoms with E-state index in [1.165, 1.54) is 12.0 Å². The van der Waals surface area contributed by atoms with E-state index in [1.54, 1.807) is 0 Å². The molecule has 4 saturated heterocycles. The van der Waals surface area contributed by atoms with Gasteiger partial charge in [-0.15, -0.1) is 0 Å². The van der Waals surface area contributed by atoms with Gasteiger partial charge in [-0.1, -0.05) is 25.5 Å². The number of carbonyl (C=O) groups excluding carboxylic acids is 1. The van der Waals surface area contributed by atoms with Crippen molar-refractivity contribution in [1.82, 2.24) is 0 Å². The van der Waals surface area contributed by atoms with Crippen molar-refractivity contribution in [2.45, 2.75) is 70.4 Å². The normalized spacial score (nSPS) is 55.3. The molecule has 0 radical (unpaired) electrons. The van der Waals surface area contributed by atoms with Crippen LogP contribution in [0.15, 0.2) is 11.6 Å². The van der Waals surface area contributed by atoms with E-state index in [0.717, 1.165) is 25.7 Å². The quantitative estimate of drug-likeness (QED) is 0.596. The topological polar surface area (TPSA) is 54.0 Å². The molecular formula is C23H32O5. The van der Waals surface area contributed by atoms with E-state index in [9.17, 15) is 4.79 Å². The third-order valence-corrected chi connectivity index (χ3v) is 9.26. The van der Waals surface area contributed by atoms with Crippen LogP contribution in [0.25, 0.3) is 0 Å². The van der Waals surface area contributed by atoms with E-state index in [2.05, 4.69) is 19.9 Å². The molecule has 0 aromatic rings. The average molecular weight is 389 g/mol. The van der Waals surface area contributed by atoms with Gasteiger partial charge in [0.2, 0.25) is 0 Å². The fraction of sp³-hybridized carbons (Fsp3) is 0.870. The molecule has 154 valence electrons. The summed E-state index contributed by atoms with van der Waals surface area (Å²) >= 11 is 0. The minimum atomic E-state index is -0.711. The molecule has 5 nitrogen and oxygen atoms in total. The monoisotopic (exact) mass is 388 g/mol. The zero-order valence-electron chi connectivity index (χ0n) is 17.1. The Morgan fingerprint density at radius 2 is 1.71 bits per heavy atom. The van der Waals surface area contributed by atoms with Crippen molar-refractivity contribution in [3.05, 3.63) is 11.6 Å². The Morgan fingerprint density at radius 3 is 2.50 bits per heavy atom. The highest BCUT2D eigenvalue weighted by Gasteiger charge is 2.65. The SMILES string of the molecule is C[C@]12CC3OCCOC34CC1=CC[C@@H]1C2C(=O)C[C@]2(C)C(CC[C@H]12)OCCO4. The first-order chi connectivity index (χ1) is 13.5. The molecule has 0 amide bonds. The summed E-state index contributed by atoms with van der Waals surface area (Å²) in [6, 6.07) is 0. The number of rotatable bonds is 0. The van der Waals surface area contributed by atoms with Gasteiger partial charge in [-0.05, 0) is 37.5 Å². The minimum Gasteiger partial charge on any atom is -0.375 e. The lowest BCUT2D eigenvalue weighted by Crippen LogP contribution is -2.63. The molecule has 4 unspecified atom stereocenters. The summed E-state index contributed by atoms with van der Waals surface area (Å²) in [5, 5.41) is 0. The van der Waals surface area contributed by atoms with Crippen LogP contribution in [-0.4, -0.2) is 50.2 Å². The molecule has 8 bridgehead atoms. The highest BCUT2D eigenvalue weighted by Crippen LogP contribution is 2.65. The molecule has 5 heteroatoms. The second kappa shape index (κ2) is 5.90. The van der Waals surface area contributed by atoms with Gasteiger partial charge in [0.15, 0.2) is 5.79 Å². The van der Waals surface area contributed by atoms with Crippen molar-refractivity contribution in [2.24, 2.45) is 28.6 Å². The van der Waals surface area contributed by atoms with Crippen molar-refractivity contribution >= 4 is 5.78 Å². The fourth-order valence-corrected chi connectivity index (χ4v) is 8.02. The summed E-state index contributed by atoms with van der Waals surface area (Å²) < 4.78 is 25.2. The van der Waals surface area contributed by atoms with Crippen LogP contribution in [0.1, 0.15) is 52.4 Å². The Hall–Kier alpha value is -0.750. The molecule has 0 aromatic carbocycles. The number of Topliss-reactive ketones (excluding diaryl/α,β-unsaturated/α-hetero) is 1. The van der Waals surface area contributed by atoms with E-state index in [-0.39, 0.29) is 29.0 Å². The van der Waals surface area contributed by atoms with Gasteiger partial charge in [0.25, 0.3) is 0 Å². The van der Waals surface area contributed by atoms with Crippen molar-refractivity contribution in [1.29, 1.82) is 0 Å². The molecule has 5 heterocycles. The maximum absolute atomic E-state index is 13.7. The second-order valence-electron chi connectivity index (χ2n) is 10.5. The van der Waals surface area contributed by atoms with Crippen LogP contribution in [0.5, 0.6) is 0 Å². The van der Waals surface area contributed by atoms with E-state index < -0.39 is 5.79 Å². The number of hydrogen-bond donors (Lipinski definition) is 0. The Labute approximate surface area is 167 Å². The van der Waals surface area contributed by atoms with Crippen LogP contribution in [-0.2, 0) is 23.7 Å². The van der Waals surface area contributed by atoms with Gasteiger partial charge in [-0.25, -0.2) is 0 Å². The Kier molecular flexibility index (Phi) is 3.81. The zero-order valence-corrected chi connectivity index (χ0v) is 17.1. The lowest BCUT2D eigenvalue weighted by molar-refractivity contribution is -0.340. The van der Waals surface area contributed by atoms with Crippen molar-refractivity contribution in [3.63, 3.8) is 0 Å². The Bertz CT molecular complexity index is 733. The lowest BCUT2D eigenvalue weighted by Gasteiger charge is -2.60. The maximum Gasteiger partial charge on any atom is 0.198 e. The Morgan fingerprint density at radius 1 is 0.964 bits per heavy atom. The average Bonchev–Trinajstić information content (AvgIpc) is 2.99. The maximum atomic E-state index is 13.7. The van der Waals surface area contributed by atoms with E-state index in [4.69, 9.17) is 18.9 Å². The summed E-state index contributed by atoms with van der Waals surface area (Å²) in [4.78, 5) is 13.7. The van der Waals surface area contributed by atoms with Gasteiger partial charge in [-0.3, -0.25) is 4.79 Å². The summed E-state index contributed by atoms with van der Waals surface area (Å²) in [5.41, 5.74) is 1.21. The number of hydrogen-bond acceptors (Lipinski definition) is 5. The van der Waals surface area contributed by atoms with Crippen LogP contribution in [0.2, 0.25) is 0 Å². The lowest BCUT2D eigenvalue weighted by atomic mass is 9.47. The van der Waals surface area contributed by atoms with Crippen LogP contribution in [0.4, 0.5) is 0 Å². The first-order valence-corrected chi connectivity index (χ1v) is 11.2. The highest BCUT2D eigenvalue weighted by molar-refractivity contribution is 5.85. The standard InChI is InChI=1S/C23H32O5/c1-21-13-19-23(28-10-8-26-19)11-14(21)3-4-15-16-5-6-18(25-7-9-27-23)22(16,2)12-17(24)20(15)21/h3,15-16,18-20H,4-13H2,1-2H3/t15-,16+,18?,19?,20?,21-,22-,23?/m0/s1. The van der Waals surface area contributed by atoms with E-state index in [1.807, 2.05) is 0 Å².